The molecule has 1 saturated carbocycles. The van der Waals surface area contributed by atoms with E-state index in [0.29, 0.717) is 12.5 Å². The smallest absolute Gasteiger partial charge is 0.408 e. The van der Waals surface area contributed by atoms with Crippen molar-refractivity contribution in [3.05, 3.63) is 35.9 Å². The number of hydrogen-bond donors (Lipinski definition) is 1. The van der Waals surface area contributed by atoms with Crippen molar-refractivity contribution in [2.75, 3.05) is 13.2 Å². The van der Waals surface area contributed by atoms with E-state index >= 15 is 0 Å². The van der Waals surface area contributed by atoms with Crippen LogP contribution in [-0.2, 0) is 25.4 Å². The van der Waals surface area contributed by atoms with Gasteiger partial charge in [-0.3, -0.25) is 0 Å². The minimum atomic E-state index is -0.876. The molecule has 6 nitrogen and oxygen atoms in total. The van der Waals surface area contributed by atoms with Crippen molar-refractivity contribution in [3.8, 4) is 0 Å². The van der Waals surface area contributed by atoms with Gasteiger partial charge in [0, 0.05) is 12.5 Å². The van der Waals surface area contributed by atoms with Gasteiger partial charge in [-0.15, -0.1) is 0 Å². The zero-order valence-electron chi connectivity index (χ0n) is 18.6. The molecule has 0 radical (unpaired) electrons. The molecule has 30 heavy (non-hydrogen) atoms. The van der Waals surface area contributed by atoms with E-state index in [-0.39, 0.29) is 18.6 Å². The lowest BCUT2D eigenvalue weighted by molar-refractivity contribution is -0.154. The fraction of sp³-hybridized carbons (Fsp3) is 0.667. The van der Waals surface area contributed by atoms with Crippen LogP contribution in [-0.4, -0.2) is 43.0 Å². The molecule has 4 atom stereocenters. The quantitative estimate of drug-likeness (QED) is 0.730. The van der Waals surface area contributed by atoms with Crippen LogP contribution < -0.4 is 5.32 Å². The highest BCUT2D eigenvalue weighted by Crippen LogP contribution is 2.39. The van der Waals surface area contributed by atoms with Gasteiger partial charge in [-0.05, 0) is 57.9 Å². The Morgan fingerprint density at radius 3 is 2.50 bits per heavy atom. The maximum atomic E-state index is 12.8. The number of amides is 1. The number of nitrogens with one attached hydrogen (secondary N) is 1. The number of hydrogen-bond acceptors (Lipinski definition) is 5. The predicted octanol–water partition coefficient (Wildman–Crippen LogP) is 4.12. The van der Waals surface area contributed by atoms with E-state index in [9.17, 15) is 9.59 Å². The molecule has 1 aliphatic carbocycles. The summed E-state index contributed by atoms with van der Waals surface area (Å²) in [5.74, 6) is 0.743. The van der Waals surface area contributed by atoms with E-state index in [0.717, 1.165) is 18.8 Å². The minimum Gasteiger partial charge on any atom is -0.461 e. The summed E-state index contributed by atoms with van der Waals surface area (Å²) < 4.78 is 17.1. The van der Waals surface area contributed by atoms with Crippen LogP contribution in [0.25, 0.3) is 0 Å². The summed E-state index contributed by atoms with van der Waals surface area (Å²) in [5, 5.41) is 2.61. The third-order valence-corrected chi connectivity index (χ3v) is 5.75. The Morgan fingerprint density at radius 1 is 1.17 bits per heavy atom. The molecular formula is C24H35NO5. The lowest BCUT2D eigenvalue weighted by Crippen LogP contribution is -2.47. The van der Waals surface area contributed by atoms with Gasteiger partial charge in [0.15, 0.2) is 6.04 Å². The molecule has 1 heterocycles. The molecular weight excluding hydrogens is 382 g/mol. The topological polar surface area (TPSA) is 73.9 Å². The van der Waals surface area contributed by atoms with Gasteiger partial charge < -0.3 is 19.5 Å². The van der Waals surface area contributed by atoms with Gasteiger partial charge in [0.1, 0.15) is 11.7 Å². The molecule has 0 bridgehead atoms. The van der Waals surface area contributed by atoms with E-state index in [1.807, 2.05) is 25.1 Å². The van der Waals surface area contributed by atoms with Crippen LogP contribution in [0, 0.1) is 17.8 Å². The highest BCUT2D eigenvalue weighted by molar-refractivity contribution is 5.81. The van der Waals surface area contributed by atoms with Crippen LogP contribution in [0.4, 0.5) is 4.79 Å². The summed E-state index contributed by atoms with van der Waals surface area (Å²) >= 11 is 0. The SMILES string of the molecule is C[C@@H]1OC(=O)[C@@H](NC(=O)OC(C)(C)C)COC[C@H](CC2CC2)[C@H]1Cc1ccccc1. The standard InChI is InChI=1S/C24H35NO5/c1-16-20(13-17-8-6-5-7-9-17)19(12-18-10-11-18)14-28-15-21(22(26)29-16)25-23(27)30-24(2,3)4/h5-9,16,18-21H,10-15H2,1-4H3,(H,25,27)/t16-,19-,20-,21-/m0/s1. The molecule has 1 aromatic rings. The lowest BCUT2D eigenvalue weighted by atomic mass is 9.80. The number of ether oxygens (including phenoxy) is 3. The fourth-order valence-electron chi connectivity index (χ4n) is 4.06. The van der Waals surface area contributed by atoms with Crippen LogP contribution in [0.3, 0.4) is 0 Å². The van der Waals surface area contributed by atoms with E-state index < -0.39 is 23.7 Å². The Labute approximate surface area is 179 Å². The summed E-state index contributed by atoms with van der Waals surface area (Å²) in [6.07, 6.45) is 3.54. The van der Waals surface area contributed by atoms with Gasteiger partial charge in [-0.2, -0.15) is 0 Å². The average Bonchev–Trinajstić information content (AvgIpc) is 3.47. The van der Waals surface area contributed by atoms with Crippen molar-refractivity contribution in [3.63, 3.8) is 0 Å². The van der Waals surface area contributed by atoms with Crippen LogP contribution >= 0.6 is 0 Å². The second-order valence-electron chi connectivity index (χ2n) is 9.67. The summed E-state index contributed by atoms with van der Waals surface area (Å²) in [6, 6.07) is 9.43. The Bertz CT molecular complexity index is 710. The van der Waals surface area contributed by atoms with Crippen molar-refractivity contribution >= 4 is 12.1 Å². The maximum absolute atomic E-state index is 12.8. The van der Waals surface area contributed by atoms with Crippen molar-refractivity contribution in [1.82, 2.24) is 5.32 Å². The first-order valence-corrected chi connectivity index (χ1v) is 11.0. The van der Waals surface area contributed by atoms with Crippen LogP contribution in [0.2, 0.25) is 0 Å². The molecule has 1 aliphatic heterocycles. The summed E-state index contributed by atoms with van der Waals surface area (Å²) in [6.45, 7) is 7.95. The molecule has 3 rings (SSSR count). The Balaban J connectivity index is 1.71. The van der Waals surface area contributed by atoms with Crippen LogP contribution in [0.5, 0.6) is 0 Å². The molecule has 0 aromatic heterocycles. The third-order valence-electron chi connectivity index (χ3n) is 5.75. The molecule has 2 aliphatic rings. The minimum absolute atomic E-state index is 0.0873. The second kappa shape index (κ2) is 9.82. The zero-order valence-corrected chi connectivity index (χ0v) is 18.6. The third kappa shape index (κ3) is 7.01. The van der Waals surface area contributed by atoms with Gasteiger partial charge >= 0.3 is 12.1 Å². The highest BCUT2D eigenvalue weighted by Gasteiger charge is 2.37. The molecule has 0 spiro atoms. The number of carbonyl (C=O) groups excluding carboxylic acids is 2. The average molecular weight is 418 g/mol. The number of alkyl carbamates (subject to hydrolysis) is 1. The van der Waals surface area contributed by atoms with Crippen molar-refractivity contribution in [2.45, 2.75) is 71.1 Å². The van der Waals surface area contributed by atoms with Crippen molar-refractivity contribution in [2.24, 2.45) is 17.8 Å². The Morgan fingerprint density at radius 2 is 1.87 bits per heavy atom. The van der Waals surface area contributed by atoms with E-state index in [1.165, 1.54) is 18.4 Å². The molecule has 1 amide bonds. The second-order valence-corrected chi connectivity index (χ2v) is 9.67. The molecule has 1 N–H and O–H groups in total. The molecule has 0 unspecified atom stereocenters. The number of rotatable bonds is 5. The highest BCUT2D eigenvalue weighted by atomic mass is 16.6. The first-order valence-electron chi connectivity index (χ1n) is 11.0. The predicted molar refractivity (Wildman–Crippen MR) is 114 cm³/mol. The summed E-state index contributed by atoms with van der Waals surface area (Å²) in [5.41, 5.74) is 0.588. The lowest BCUT2D eigenvalue weighted by Gasteiger charge is -2.31. The normalized spacial score (nSPS) is 27.9. The molecule has 1 aromatic carbocycles. The van der Waals surface area contributed by atoms with Crippen molar-refractivity contribution < 1.29 is 23.8 Å². The monoisotopic (exact) mass is 417 g/mol. The number of benzene rings is 1. The van der Waals surface area contributed by atoms with Crippen LogP contribution in [0.1, 0.15) is 52.5 Å². The molecule has 2 fully saturated rings. The molecule has 1 saturated heterocycles. The van der Waals surface area contributed by atoms with Gasteiger partial charge in [0.25, 0.3) is 0 Å². The van der Waals surface area contributed by atoms with Gasteiger partial charge in [0.05, 0.1) is 6.61 Å². The fourth-order valence-corrected chi connectivity index (χ4v) is 4.06. The number of carbonyl (C=O) groups is 2. The maximum Gasteiger partial charge on any atom is 0.408 e. The van der Waals surface area contributed by atoms with Gasteiger partial charge in [0.2, 0.25) is 0 Å². The zero-order chi connectivity index (χ0) is 21.7. The first kappa shape index (κ1) is 22.6. The Kier molecular flexibility index (Phi) is 7.40. The van der Waals surface area contributed by atoms with E-state index in [2.05, 4.69) is 17.4 Å². The summed E-state index contributed by atoms with van der Waals surface area (Å²) in [7, 11) is 0. The van der Waals surface area contributed by atoms with Gasteiger partial charge in [-0.1, -0.05) is 43.2 Å². The van der Waals surface area contributed by atoms with Crippen molar-refractivity contribution in [1.29, 1.82) is 0 Å². The van der Waals surface area contributed by atoms with Gasteiger partial charge in [-0.25, -0.2) is 9.59 Å². The largest absolute Gasteiger partial charge is 0.461 e. The number of cyclic esters (lactones) is 1. The summed E-state index contributed by atoms with van der Waals surface area (Å²) in [4.78, 5) is 25.0. The van der Waals surface area contributed by atoms with E-state index in [4.69, 9.17) is 14.2 Å². The molecule has 166 valence electrons. The van der Waals surface area contributed by atoms with E-state index in [1.54, 1.807) is 20.8 Å². The molecule has 6 heteroatoms. The Hall–Kier alpha value is -2.08. The number of esters is 1. The van der Waals surface area contributed by atoms with Crippen LogP contribution in [0.15, 0.2) is 30.3 Å². The first-order chi connectivity index (χ1) is 14.2.